The second kappa shape index (κ2) is 7.89. The quantitative estimate of drug-likeness (QED) is 0.553. The van der Waals surface area contributed by atoms with E-state index in [9.17, 15) is 18.4 Å². The monoisotopic (exact) mass is 408 g/mol. The van der Waals surface area contributed by atoms with Crippen molar-refractivity contribution in [2.24, 2.45) is 0 Å². The van der Waals surface area contributed by atoms with E-state index in [1.807, 2.05) is 5.43 Å². The van der Waals surface area contributed by atoms with Gasteiger partial charge in [-0.1, -0.05) is 0 Å². The van der Waals surface area contributed by atoms with Crippen LogP contribution < -0.4 is 10.3 Å². The third-order valence-corrected chi connectivity index (χ3v) is 4.76. The maximum atomic E-state index is 12.4. The molecule has 154 valence electrons. The van der Waals surface area contributed by atoms with Crippen molar-refractivity contribution >= 4 is 16.7 Å². The maximum absolute atomic E-state index is 12.4. The molecule has 29 heavy (non-hydrogen) atoms. The van der Waals surface area contributed by atoms with E-state index in [2.05, 4.69) is 24.9 Å². The standard InChI is InChI=1S/C17H19F3N8O/c18-17(19,20)9-26-28(29)14-3-1-2-4-27(14)11-5-22-15(23-6-11)13-8-24-16-12(13)7-21-10-25-16/h5-8,10,14,26,29H,1-4,9H2,(H,21,24,25)/t14-/m0/s1. The highest BCUT2D eigenvalue weighted by Gasteiger charge is 2.32. The van der Waals surface area contributed by atoms with Crippen LogP contribution >= 0.6 is 0 Å². The Bertz CT molecular complexity index is 961. The maximum Gasteiger partial charge on any atom is 0.402 e. The number of H-pyrrole nitrogens is 1. The molecule has 3 aromatic rings. The van der Waals surface area contributed by atoms with Crippen molar-refractivity contribution in [1.29, 1.82) is 0 Å². The second-order valence-electron chi connectivity index (χ2n) is 6.72. The largest absolute Gasteiger partial charge is 0.402 e. The van der Waals surface area contributed by atoms with Crippen molar-refractivity contribution in [1.82, 2.24) is 35.5 Å². The summed E-state index contributed by atoms with van der Waals surface area (Å²) in [4.78, 5) is 21.8. The van der Waals surface area contributed by atoms with Gasteiger partial charge in [0, 0.05) is 29.9 Å². The summed E-state index contributed by atoms with van der Waals surface area (Å²) in [6.45, 7) is -0.745. The fraction of sp³-hybridized carbons (Fsp3) is 0.412. The number of hydrogen-bond donors (Lipinski definition) is 3. The number of hydrogen-bond acceptors (Lipinski definition) is 8. The molecule has 0 spiro atoms. The van der Waals surface area contributed by atoms with Gasteiger partial charge in [-0.25, -0.2) is 25.4 Å². The SMILES string of the molecule is ON(NCC(F)(F)F)[C@H]1CCCCN1c1cnc(-c2c[nH]c3ncncc23)nc1. The first-order valence-electron chi connectivity index (χ1n) is 9.07. The minimum absolute atomic E-state index is 0.472. The summed E-state index contributed by atoms with van der Waals surface area (Å²) in [7, 11) is 0. The van der Waals surface area contributed by atoms with Gasteiger partial charge in [0.05, 0.1) is 18.1 Å². The van der Waals surface area contributed by atoms with Crippen LogP contribution in [0.25, 0.3) is 22.4 Å². The molecular formula is C17H19F3N8O. The molecular weight excluding hydrogens is 389 g/mol. The molecule has 1 atom stereocenters. The summed E-state index contributed by atoms with van der Waals surface area (Å²) in [5, 5.41) is 11.4. The van der Waals surface area contributed by atoms with Crippen molar-refractivity contribution in [3.63, 3.8) is 0 Å². The molecule has 0 aliphatic carbocycles. The molecule has 1 fully saturated rings. The normalized spacial score (nSPS) is 18.0. The minimum atomic E-state index is -4.42. The van der Waals surface area contributed by atoms with Gasteiger partial charge in [0.1, 0.15) is 24.7 Å². The number of fused-ring (bicyclic) bond motifs is 1. The van der Waals surface area contributed by atoms with Crippen molar-refractivity contribution in [3.05, 3.63) is 31.1 Å². The molecule has 12 heteroatoms. The summed E-state index contributed by atoms with van der Waals surface area (Å²) in [6.07, 6.45) is 5.12. The zero-order valence-electron chi connectivity index (χ0n) is 15.3. The van der Waals surface area contributed by atoms with Crippen LogP contribution in [0.4, 0.5) is 18.9 Å². The highest BCUT2D eigenvalue weighted by atomic mass is 19.4. The number of piperidine rings is 1. The van der Waals surface area contributed by atoms with Gasteiger partial charge >= 0.3 is 6.18 Å². The fourth-order valence-electron chi connectivity index (χ4n) is 3.40. The molecule has 3 N–H and O–H groups in total. The third kappa shape index (κ3) is 4.28. The molecule has 1 saturated heterocycles. The van der Waals surface area contributed by atoms with Crippen molar-refractivity contribution in [3.8, 4) is 11.4 Å². The Balaban J connectivity index is 1.53. The minimum Gasteiger partial charge on any atom is -0.350 e. The number of anilines is 1. The topological polar surface area (TPSA) is 106 Å². The number of hydrazine groups is 1. The number of aromatic nitrogens is 5. The molecule has 0 aromatic carbocycles. The summed E-state index contributed by atoms with van der Waals surface area (Å²) < 4.78 is 37.3. The third-order valence-electron chi connectivity index (χ3n) is 4.76. The van der Waals surface area contributed by atoms with Gasteiger partial charge < -0.3 is 9.88 Å². The van der Waals surface area contributed by atoms with Gasteiger partial charge in [0.15, 0.2) is 5.82 Å². The molecule has 1 aliphatic heterocycles. The van der Waals surface area contributed by atoms with Crippen LogP contribution in [0, 0.1) is 0 Å². The Morgan fingerprint density at radius 2 is 2.00 bits per heavy atom. The smallest absolute Gasteiger partial charge is 0.350 e. The van der Waals surface area contributed by atoms with E-state index in [1.165, 1.54) is 6.33 Å². The highest BCUT2D eigenvalue weighted by molar-refractivity contribution is 5.90. The Morgan fingerprint density at radius 1 is 1.21 bits per heavy atom. The van der Waals surface area contributed by atoms with Crippen molar-refractivity contribution in [2.45, 2.75) is 31.6 Å². The number of hydroxylamine groups is 1. The Morgan fingerprint density at radius 3 is 2.76 bits per heavy atom. The molecule has 0 amide bonds. The van der Waals surface area contributed by atoms with E-state index >= 15 is 0 Å². The lowest BCUT2D eigenvalue weighted by molar-refractivity contribution is -0.207. The first-order valence-corrected chi connectivity index (χ1v) is 9.07. The van der Waals surface area contributed by atoms with Crippen molar-refractivity contribution in [2.75, 3.05) is 18.0 Å². The van der Waals surface area contributed by atoms with Crippen LogP contribution in [-0.2, 0) is 0 Å². The molecule has 4 heterocycles. The Kier molecular flexibility index (Phi) is 5.30. The van der Waals surface area contributed by atoms with Gasteiger partial charge in [0.2, 0.25) is 0 Å². The summed E-state index contributed by atoms with van der Waals surface area (Å²) in [5.41, 5.74) is 4.04. The van der Waals surface area contributed by atoms with E-state index in [1.54, 1.807) is 29.7 Å². The van der Waals surface area contributed by atoms with E-state index in [0.29, 0.717) is 35.3 Å². The zero-order valence-corrected chi connectivity index (χ0v) is 15.3. The van der Waals surface area contributed by atoms with Crippen molar-refractivity contribution < 1.29 is 18.4 Å². The summed E-state index contributed by atoms with van der Waals surface area (Å²) in [6, 6.07) is 0. The number of rotatable bonds is 5. The van der Waals surface area contributed by atoms with Gasteiger partial charge in [-0.2, -0.15) is 13.2 Å². The lowest BCUT2D eigenvalue weighted by atomic mass is 10.1. The average molecular weight is 408 g/mol. The molecule has 1 aliphatic rings. The molecule has 0 saturated carbocycles. The van der Waals surface area contributed by atoms with Gasteiger partial charge in [0.25, 0.3) is 0 Å². The second-order valence-corrected chi connectivity index (χ2v) is 6.72. The predicted octanol–water partition coefficient (Wildman–Crippen LogP) is 2.49. The Hall–Kier alpha value is -2.83. The van der Waals surface area contributed by atoms with E-state index in [-0.39, 0.29) is 0 Å². The van der Waals surface area contributed by atoms with Gasteiger partial charge in [-0.05, 0) is 19.3 Å². The van der Waals surface area contributed by atoms with E-state index in [4.69, 9.17) is 0 Å². The Labute approximate surface area is 163 Å². The van der Waals surface area contributed by atoms with Crippen LogP contribution in [0.3, 0.4) is 0 Å². The predicted molar refractivity (Wildman–Crippen MR) is 97.6 cm³/mol. The van der Waals surface area contributed by atoms with Crippen LogP contribution in [-0.4, -0.2) is 60.7 Å². The first kappa shape index (κ1) is 19.5. The molecule has 9 nitrogen and oxygen atoms in total. The number of aromatic amines is 1. The molecule has 0 radical (unpaired) electrons. The fourth-order valence-corrected chi connectivity index (χ4v) is 3.40. The number of nitrogens with zero attached hydrogens (tertiary/aromatic N) is 6. The van der Waals surface area contributed by atoms with Crippen LogP contribution in [0.5, 0.6) is 0 Å². The van der Waals surface area contributed by atoms with Crippen LogP contribution in [0.2, 0.25) is 0 Å². The average Bonchev–Trinajstić information content (AvgIpc) is 3.16. The van der Waals surface area contributed by atoms with Crippen LogP contribution in [0.1, 0.15) is 19.3 Å². The molecule has 0 bridgehead atoms. The first-order chi connectivity index (χ1) is 13.9. The lowest BCUT2D eigenvalue weighted by Gasteiger charge is -2.40. The van der Waals surface area contributed by atoms with Gasteiger partial charge in [-0.15, -0.1) is 5.17 Å². The van der Waals surface area contributed by atoms with E-state index in [0.717, 1.165) is 23.8 Å². The highest BCUT2D eigenvalue weighted by Crippen LogP contribution is 2.28. The number of halogens is 3. The zero-order chi connectivity index (χ0) is 20.4. The number of nitrogens with one attached hydrogen (secondary N) is 2. The summed E-state index contributed by atoms with van der Waals surface area (Å²) >= 11 is 0. The summed E-state index contributed by atoms with van der Waals surface area (Å²) in [5.74, 6) is 0.472. The van der Waals surface area contributed by atoms with E-state index < -0.39 is 18.9 Å². The lowest BCUT2D eigenvalue weighted by Crippen LogP contribution is -2.56. The number of alkyl halides is 3. The molecule has 4 rings (SSSR count). The molecule has 3 aromatic heterocycles. The molecule has 0 unspecified atom stereocenters. The van der Waals surface area contributed by atoms with Gasteiger partial charge in [-0.3, -0.25) is 5.21 Å². The van der Waals surface area contributed by atoms with Crippen LogP contribution in [0.15, 0.2) is 31.1 Å².